The van der Waals surface area contributed by atoms with Crippen molar-refractivity contribution in [3.63, 3.8) is 0 Å². The molecule has 1 amide bonds. The van der Waals surface area contributed by atoms with E-state index in [0.717, 1.165) is 16.5 Å². The summed E-state index contributed by atoms with van der Waals surface area (Å²) >= 11 is 0. The van der Waals surface area contributed by atoms with E-state index in [9.17, 15) is 14.4 Å². The molecule has 3 rings (SSSR count). The van der Waals surface area contributed by atoms with Gasteiger partial charge in [-0.1, -0.05) is 32.0 Å². The maximum Gasteiger partial charge on any atom is 0.306 e. The quantitative estimate of drug-likeness (QED) is 0.404. The molecule has 0 aliphatic rings. The fourth-order valence-electron chi connectivity index (χ4n) is 3.20. The normalized spacial score (nSPS) is 10.9. The van der Waals surface area contributed by atoms with Crippen molar-refractivity contribution in [1.82, 2.24) is 4.98 Å². The Hall–Kier alpha value is -3.41. The third-order valence-corrected chi connectivity index (χ3v) is 4.72. The van der Waals surface area contributed by atoms with Crippen molar-refractivity contribution in [1.29, 1.82) is 0 Å². The van der Waals surface area contributed by atoms with Gasteiger partial charge in [0.25, 0.3) is 0 Å². The average molecular weight is 406 g/mol. The molecule has 6 heteroatoms. The van der Waals surface area contributed by atoms with Gasteiger partial charge >= 0.3 is 5.97 Å². The Morgan fingerprint density at radius 3 is 2.50 bits per heavy atom. The first-order valence-corrected chi connectivity index (χ1v) is 10.1. The van der Waals surface area contributed by atoms with Crippen molar-refractivity contribution in [2.75, 3.05) is 11.9 Å². The molecule has 30 heavy (non-hydrogen) atoms. The van der Waals surface area contributed by atoms with Gasteiger partial charge in [0.05, 0.1) is 0 Å². The molecule has 1 aromatic heterocycles. The number of amides is 1. The number of carbonyl (C=O) groups is 3. The van der Waals surface area contributed by atoms with Crippen LogP contribution in [0.1, 0.15) is 42.6 Å². The van der Waals surface area contributed by atoms with Crippen molar-refractivity contribution < 1.29 is 19.1 Å². The number of esters is 1. The molecule has 0 saturated carbocycles. The molecule has 0 saturated heterocycles. The van der Waals surface area contributed by atoms with Crippen molar-refractivity contribution >= 4 is 34.3 Å². The Balaban J connectivity index is 1.45. The molecule has 0 aliphatic carbocycles. The van der Waals surface area contributed by atoms with Crippen molar-refractivity contribution in [2.24, 2.45) is 5.92 Å². The number of H-pyrrole nitrogens is 1. The summed E-state index contributed by atoms with van der Waals surface area (Å²) in [4.78, 5) is 39.3. The van der Waals surface area contributed by atoms with E-state index in [0.29, 0.717) is 24.1 Å². The molecule has 156 valence electrons. The second kappa shape index (κ2) is 9.87. The van der Waals surface area contributed by atoms with Crippen LogP contribution in [0.15, 0.2) is 54.7 Å². The lowest BCUT2D eigenvalue weighted by atomic mass is 10.1. The Kier molecular flexibility index (Phi) is 7.01. The standard InChI is InChI=1S/C24H26N2O4/c1-16(2)13-23(28)26-19-10-7-17(8-11-19)22(27)15-30-24(29)12-9-18-14-25-21-6-4-3-5-20(18)21/h3-8,10-11,14,16,25H,9,12-13,15H2,1-2H3,(H,26,28). The van der Waals surface area contributed by atoms with Crippen LogP contribution in [-0.4, -0.2) is 29.3 Å². The number of fused-ring (bicyclic) bond motifs is 1. The highest BCUT2D eigenvalue weighted by Crippen LogP contribution is 2.19. The number of anilines is 1. The van der Waals surface area contributed by atoms with Gasteiger partial charge in [-0.15, -0.1) is 0 Å². The van der Waals surface area contributed by atoms with Crippen LogP contribution in [0.2, 0.25) is 0 Å². The summed E-state index contributed by atoms with van der Waals surface area (Å²) < 4.78 is 5.14. The highest BCUT2D eigenvalue weighted by Gasteiger charge is 2.12. The Bertz CT molecular complexity index is 1030. The molecule has 0 radical (unpaired) electrons. The number of aryl methyl sites for hydroxylation is 1. The Morgan fingerprint density at radius 1 is 1.03 bits per heavy atom. The van der Waals surface area contributed by atoms with Crippen LogP contribution in [0.3, 0.4) is 0 Å². The van der Waals surface area contributed by atoms with E-state index in [1.165, 1.54) is 0 Å². The fraction of sp³-hybridized carbons (Fsp3) is 0.292. The van der Waals surface area contributed by atoms with E-state index in [-0.39, 0.29) is 30.6 Å². The van der Waals surface area contributed by atoms with Crippen molar-refractivity contribution in [3.8, 4) is 0 Å². The number of para-hydroxylation sites is 1. The monoisotopic (exact) mass is 406 g/mol. The molecular weight excluding hydrogens is 380 g/mol. The molecule has 0 unspecified atom stereocenters. The van der Waals surface area contributed by atoms with Gasteiger partial charge in [-0.2, -0.15) is 0 Å². The zero-order valence-electron chi connectivity index (χ0n) is 17.2. The summed E-state index contributed by atoms with van der Waals surface area (Å²) in [6.45, 7) is 3.65. The third kappa shape index (κ3) is 5.80. The number of ketones is 1. The lowest BCUT2D eigenvalue weighted by molar-refractivity contribution is -0.142. The number of ether oxygens (including phenoxy) is 1. The third-order valence-electron chi connectivity index (χ3n) is 4.72. The van der Waals surface area contributed by atoms with Crippen LogP contribution >= 0.6 is 0 Å². The maximum atomic E-state index is 12.3. The highest BCUT2D eigenvalue weighted by atomic mass is 16.5. The van der Waals surface area contributed by atoms with Crippen LogP contribution in [0, 0.1) is 5.92 Å². The van der Waals surface area contributed by atoms with E-state index in [1.807, 2.05) is 44.3 Å². The van der Waals surface area contributed by atoms with Crippen molar-refractivity contribution in [3.05, 3.63) is 65.9 Å². The average Bonchev–Trinajstić information content (AvgIpc) is 3.13. The predicted octanol–water partition coefficient (Wildman–Crippen LogP) is 4.51. The van der Waals surface area contributed by atoms with Gasteiger partial charge in [0.2, 0.25) is 5.91 Å². The summed E-state index contributed by atoms with van der Waals surface area (Å²) in [5.74, 6) is -0.480. The fourth-order valence-corrected chi connectivity index (χ4v) is 3.20. The molecule has 0 fully saturated rings. The number of benzene rings is 2. The molecule has 2 aromatic carbocycles. The summed E-state index contributed by atoms with van der Waals surface area (Å²) in [5, 5.41) is 3.88. The van der Waals surface area contributed by atoms with Gasteiger partial charge in [0.15, 0.2) is 12.4 Å². The molecule has 1 heterocycles. The van der Waals surface area contributed by atoms with Crippen LogP contribution in [0.4, 0.5) is 5.69 Å². The van der Waals surface area contributed by atoms with Gasteiger partial charge < -0.3 is 15.0 Å². The SMILES string of the molecule is CC(C)CC(=O)Nc1ccc(C(=O)COC(=O)CCc2c[nH]c3ccccc23)cc1. The van der Waals surface area contributed by atoms with Gasteiger partial charge in [0, 0.05) is 41.2 Å². The molecule has 3 aromatic rings. The topological polar surface area (TPSA) is 88.3 Å². The van der Waals surface area contributed by atoms with Crippen LogP contribution in [0.25, 0.3) is 10.9 Å². The zero-order chi connectivity index (χ0) is 21.5. The molecule has 0 atom stereocenters. The summed E-state index contributed by atoms with van der Waals surface area (Å²) in [6, 6.07) is 14.5. The van der Waals surface area contributed by atoms with E-state index in [2.05, 4.69) is 10.3 Å². The second-order valence-electron chi connectivity index (χ2n) is 7.67. The number of hydrogen-bond donors (Lipinski definition) is 2. The van der Waals surface area contributed by atoms with E-state index in [4.69, 9.17) is 4.74 Å². The number of aromatic nitrogens is 1. The van der Waals surface area contributed by atoms with E-state index >= 15 is 0 Å². The Labute approximate surface area is 175 Å². The van der Waals surface area contributed by atoms with Crippen LogP contribution in [-0.2, 0) is 20.7 Å². The minimum Gasteiger partial charge on any atom is -0.457 e. The van der Waals surface area contributed by atoms with E-state index < -0.39 is 5.97 Å². The number of hydrogen-bond acceptors (Lipinski definition) is 4. The van der Waals surface area contributed by atoms with Crippen LogP contribution in [0.5, 0.6) is 0 Å². The number of Topliss-reactive ketones (excluding diaryl/α,β-unsaturated/α-hetero) is 1. The van der Waals surface area contributed by atoms with Crippen molar-refractivity contribution in [2.45, 2.75) is 33.1 Å². The van der Waals surface area contributed by atoms with Gasteiger partial charge in [-0.25, -0.2) is 0 Å². The van der Waals surface area contributed by atoms with Crippen LogP contribution < -0.4 is 5.32 Å². The summed E-state index contributed by atoms with van der Waals surface area (Å²) in [5.41, 5.74) is 3.14. The number of carbonyl (C=O) groups excluding carboxylic acids is 3. The summed E-state index contributed by atoms with van der Waals surface area (Å²) in [6.07, 6.45) is 3.08. The first kappa shape index (κ1) is 21.3. The lowest BCUT2D eigenvalue weighted by Gasteiger charge is -2.08. The number of nitrogens with one attached hydrogen (secondary N) is 2. The number of rotatable bonds is 9. The first-order valence-electron chi connectivity index (χ1n) is 10.1. The minimum atomic E-state index is -0.411. The maximum absolute atomic E-state index is 12.3. The molecular formula is C24H26N2O4. The predicted molar refractivity (Wildman–Crippen MR) is 116 cm³/mol. The van der Waals surface area contributed by atoms with E-state index in [1.54, 1.807) is 24.3 Å². The Morgan fingerprint density at radius 2 is 1.77 bits per heavy atom. The minimum absolute atomic E-state index is 0.0618. The summed E-state index contributed by atoms with van der Waals surface area (Å²) in [7, 11) is 0. The molecule has 6 nitrogen and oxygen atoms in total. The largest absolute Gasteiger partial charge is 0.457 e. The smallest absolute Gasteiger partial charge is 0.306 e. The second-order valence-corrected chi connectivity index (χ2v) is 7.67. The first-order chi connectivity index (χ1) is 14.4. The molecule has 2 N–H and O–H groups in total. The lowest BCUT2D eigenvalue weighted by Crippen LogP contribution is -2.15. The van der Waals surface area contributed by atoms with Gasteiger partial charge in [-0.3, -0.25) is 14.4 Å². The zero-order valence-corrected chi connectivity index (χ0v) is 17.2. The number of aromatic amines is 1. The van der Waals surface area contributed by atoms with Gasteiger partial charge in [0.1, 0.15) is 0 Å². The van der Waals surface area contributed by atoms with Gasteiger partial charge in [-0.05, 0) is 48.2 Å². The highest BCUT2D eigenvalue weighted by molar-refractivity contribution is 5.99. The molecule has 0 spiro atoms. The molecule has 0 aliphatic heterocycles. The molecule has 0 bridgehead atoms.